The molecule has 0 aromatic heterocycles. The van der Waals surface area contributed by atoms with Gasteiger partial charge >= 0.3 is 0 Å². The van der Waals surface area contributed by atoms with Crippen molar-refractivity contribution in [1.82, 2.24) is 4.90 Å². The van der Waals surface area contributed by atoms with Crippen molar-refractivity contribution in [3.8, 4) is 0 Å². The largest absolute Gasteiger partial charge is 0.392 e. The van der Waals surface area contributed by atoms with Crippen LogP contribution in [0.5, 0.6) is 0 Å². The molecule has 0 unspecified atom stereocenters. The fourth-order valence-corrected chi connectivity index (χ4v) is 2.83. The Labute approximate surface area is 117 Å². The van der Waals surface area contributed by atoms with Crippen molar-refractivity contribution >= 4 is 17.2 Å². The van der Waals surface area contributed by atoms with Crippen molar-refractivity contribution in [3.05, 3.63) is 35.4 Å². The molecule has 19 heavy (non-hydrogen) atoms. The van der Waals surface area contributed by atoms with Crippen LogP contribution in [0.2, 0.25) is 0 Å². The second-order valence-electron chi connectivity index (χ2n) is 5.05. The normalized spacial score (nSPS) is 16.2. The number of thiocarbonyl (C=S) groups is 1. The highest BCUT2D eigenvalue weighted by molar-refractivity contribution is 7.80. The van der Waals surface area contributed by atoms with E-state index in [-0.39, 0.29) is 5.82 Å². The minimum absolute atomic E-state index is 0.353. The van der Waals surface area contributed by atoms with Gasteiger partial charge in [0.25, 0.3) is 0 Å². The Morgan fingerprint density at radius 2 is 2.00 bits per heavy atom. The van der Waals surface area contributed by atoms with Crippen LogP contribution in [0.25, 0.3) is 0 Å². The molecule has 0 radical (unpaired) electrons. The van der Waals surface area contributed by atoms with E-state index in [1.165, 1.54) is 18.9 Å². The first-order chi connectivity index (χ1) is 9.06. The molecular weight excluding hydrogens is 266 g/mol. The fourth-order valence-electron chi connectivity index (χ4n) is 2.67. The van der Waals surface area contributed by atoms with E-state index in [0.717, 1.165) is 25.0 Å². The molecule has 0 bridgehead atoms. The third-order valence-electron chi connectivity index (χ3n) is 3.58. The van der Waals surface area contributed by atoms with E-state index in [1.807, 2.05) is 0 Å². The van der Waals surface area contributed by atoms with Crippen LogP contribution in [-0.4, -0.2) is 22.5 Å². The Bertz CT molecular complexity index is 459. The second-order valence-corrected chi connectivity index (χ2v) is 5.57. The average molecular weight is 284 g/mol. The third kappa shape index (κ3) is 3.94. The summed E-state index contributed by atoms with van der Waals surface area (Å²) in [7, 11) is 0. The van der Waals surface area contributed by atoms with Gasteiger partial charge in [-0.1, -0.05) is 25.1 Å². The van der Waals surface area contributed by atoms with E-state index >= 15 is 0 Å². The lowest BCUT2D eigenvalue weighted by atomic mass is 10.1. The highest BCUT2D eigenvalue weighted by Gasteiger charge is 2.24. The zero-order chi connectivity index (χ0) is 13.8. The molecule has 2 N–H and O–H groups in total. The number of benzene rings is 1. The second kappa shape index (κ2) is 6.39. The Hall–Kier alpha value is -1.07. The minimum Gasteiger partial charge on any atom is -0.392 e. The molecule has 1 aliphatic carbocycles. The van der Waals surface area contributed by atoms with Crippen LogP contribution in [0, 0.1) is 11.6 Å². The Morgan fingerprint density at radius 1 is 1.32 bits per heavy atom. The standard InChI is InChI=1S/C14H18F2N2S/c15-11-5-6-13(16)10(7-11)8-18(9-14(17)19)12-3-1-2-4-12/h5-7,12H,1-4,8-9H2,(H2,17,19). The van der Waals surface area contributed by atoms with E-state index in [2.05, 4.69) is 4.90 Å². The summed E-state index contributed by atoms with van der Waals surface area (Å²) in [6.07, 6.45) is 4.48. The van der Waals surface area contributed by atoms with Crippen LogP contribution in [-0.2, 0) is 6.54 Å². The van der Waals surface area contributed by atoms with Gasteiger partial charge in [0.2, 0.25) is 0 Å². The Kier molecular flexibility index (Phi) is 4.82. The van der Waals surface area contributed by atoms with Crippen LogP contribution in [0.15, 0.2) is 18.2 Å². The summed E-state index contributed by atoms with van der Waals surface area (Å²) >= 11 is 4.95. The van der Waals surface area contributed by atoms with E-state index in [0.29, 0.717) is 29.7 Å². The van der Waals surface area contributed by atoms with Crippen molar-refractivity contribution in [3.63, 3.8) is 0 Å². The molecule has 0 saturated heterocycles. The average Bonchev–Trinajstić information content (AvgIpc) is 2.86. The molecule has 0 heterocycles. The quantitative estimate of drug-likeness (QED) is 0.843. The maximum absolute atomic E-state index is 13.7. The van der Waals surface area contributed by atoms with Crippen molar-refractivity contribution < 1.29 is 8.78 Å². The lowest BCUT2D eigenvalue weighted by Gasteiger charge is -2.28. The van der Waals surface area contributed by atoms with E-state index in [1.54, 1.807) is 0 Å². The van der Waals surface area contributed by atoms with Gasteiger partial charge in [-0.3, -0.25) is 4.90 Å². The van der Waals surface area contributed by atoms with Crippen molar-refractivity contribution in [1.29, 1.82) is 0 Å². The van der Waals surface area contributed by atoms with Crippen molar-refractivity contribution in [2.45, 2.75) is 38.3 Å². The summed E-state index contributed by atoms with van der Waals surface area (Å²) in [6, 6.07) is 3.91. The molecule has 1 fully saturated rings. The Balaban J connectivity index is 2.14. The minimum atomic E-state index is -0.418. The molecule has 104 valence electrons. The van der Waals surface area contributed by atoms with Crippen LogP contribution < -0.4 is 5.73 Å². The third-order valence-corrected chi connectivity index (χ3v) is 3.71. The Morgan fingerprint density at radius 3 is 2.63 bits per heavy atom. The number of hydrogen-bond acceptors (Lipinski definition) is 2. The predicted octanol–water partition coefficient (Wildman–Crippen LogP) is 3.00. The van der Waals surface area contributed by atoms with Crippen molar-refractivity contribution in [2.24, 2.45) is 5.73 Å². The van der Waals surface area contributed by atoms with Gasteiger partial charge in [0, 0.05) is 24.7 Å². The molecule has 2 nitrogen and oxygen atoms in total. The highest BCUT2D eigenvalue weighted by Crippen LogP contribution is 2.25. The van der Waals surface area contributed by atoms with Crippen LogP contribution >= 0.6 is 12.2 Å². The summed E-state index contributed by atoms with van der Waals surface area (Å²) in [5.74, 6) is -0.801. The summed E-state index contributed by atoms with van der Waals surface area (Å²) in [5.41, 5.74) is 5.97. The summed E-state index contributed by atoms with van der Waals surface area (Å²) in [4.78, 5) is 2.46. The zero-order valence-electron chi connectivity index (χ0n) is 10.7. The molecule has 2 rings (SSSR count). The number of nitrogens with zero attached hydrogens (tertiary/aromatic N) is 1. The number of nitrogens with two attached hydrogens (primary N) is 1. The van der Waals surface area contributed by atoms with E-state index in [9.17, 15) is 8.78 Å². The maximum atomic E-state index is 13.7. The van der Waals surface area contributed by atoms with Gasteiger partial charge < -0.3 is 5.73 Å². The molecule has 0 aliphatic heterocycles. The summed E-state index contributed by atoms with van der Waals surface area (Å²) < 4.78 is 26.9. The maximum Gasteiger partial charge on any atom is 0.127 e. The first-order valence-electron chi connectivity index (χ1n) is 6.52. The number of rotatable bonds is 5. The summed E-state index contributed by atoms with van der Waals surface area (Å²) in [6.45, 7) is 0.807. The molecule has 1 saturated carbocycles. The van der Waals surface area contributed by atoms with Gasteiger partial charge in [-0.25, -0.2) is 8.78 Å². The predicted molar refractivity (Wildman–Crippen MR) is 75.8 cm³/mol. The van der Waals surface area contributed by atoms with Gasteiger partial charge in [0.15, 0.2) is 0 Å². The summed E-state index contributed by atoms with van der Waals surface area (Å²) in [5, 5.41) is 0. The molecule has 1 aliphatic rings. The SMILES string of the molecule is NC(=S)CN(Cc1cc(F)ccc1F)C1CCCC1. The molecular formula is C14H18F2N2S. The van der Waals surface area contributed by atoms with Crippen LogP contribution in [0.4, 0.5) is 8.78 Å². The van der Waals surface area contributed by atoms with Gasteiger partial charge in [-0.05, 0) is 31.0 Å². The van der Waals surface area contributed by atoms with E-state index in [4.69, 9.17) is 18.0 Å². The van der Waals surface area contributed by atoms with Gasteiger partial charge in [-0.15, -0.1) is 0 Å². The number of hydrogen-bond donors (Lipinski definition) is 1. The van der Waals surface area contributed by atoms with Crippen molar-refractivity contribution in [2.75, 3.05) is 6.54 Å². The smallest absolute Gasteiger partial charge is 0.127 e. The van der Waals surface area contributed by atoms with Crippen LogP contribution in [0.3, 0.4) is 0 Å². The lowest BCUT2D eigenvalue weighted by molar-refractivity contribution is 0.216. The molecule has 0 spiro atoms. The topological polar surface area (TPSA) is 29.3 Å². The highest BCUT2D eigenvalue weighted by atomic mass is 32.1. The molecule has 0 amide bonds. The van der Waals surface area contributed by atoms with Gasteiger partial charge in [0.1, 0.15) is 11.6 Å². The van der Waals surface area contributed by atoms with Gasteiger partial charge in [0.05, 0.1) is 4.99 Å². The van der Waals surface area contributed by atoms with Crippen LogP contribution in [0.1, 0.15) is 31.2 Å². The lowest BCUT2D eigenvalue weighted by Crippen LogP contribution is -2.39. The van der Waals surface area contributed by atoms with E-state index < -0.39 is 5.82 Å². The zero-order valence-corrected chi connectivity index (χ0v) is 11.6. The number of halogens is 2. The molecule has 1 aromatic carbocycles. The fraction of sp³-hybridized carbons (Fsp3) is 0.500. The first kappa shape index (κ1) is 14.3. The first-order valence-corrected chi connectivity index (χ1v) is 6.93. The van der Waals surface area contributed by atoms with Gasteiger partial charge in [-0.2, -0.15) is 0 Å². The molecule has 1 aromatic rings. The monoisotopic (exact) mass is 284 g/mol. The molecule has 0 atom stereocenters. The molecule has 5 heteroatoms.